The van der Waals surface area contributed by atoms with Gasteiger partial charge in [0, 0.05) is 22.8 Å². The second-order valence-electron chi connectivity index (χ2n) is 5.36. The van der Waals surface area contributed by atoms with Crippen molar-refractivity contribution in [2.24, 2.45) is 5.92 Å². The number of anilines is 1. The average Bonchev–Trinajstić information content (AvgIpc) is 2.44. The lowest BCUT2D eigenvalue weighted by Gasteiger charge is -2.31. The number of carbonyl (C=O) groups excluding carboxylic acids is 1. The summed E-state index contributed by atoms with van der Waals surface area (Å²) in [6, 6.07) is 4.94. The Balaban J connectivity index is 1.83. The highest BCUT2D eigenvalue weighted by Gasteiger charge is 2.18. The molecule has 0 unspecified atom stereocenters. The molecule has 0 atom stereocenters. The van der Waals surface area contributed by atoms with Gasteiger partial charge in [0.2, 0.25) is 0 Å². The average molecular weight is 296 g/mol. The van der Waals surface area contributed by atoms with E-state index < -0.39 is 0 Å². The van der Waals surface area contributed by atoms with Crippen LogP contribution in [0, 0.1) is 5.92 Å². The van der Waals surface area contributed by atoms with Crippen molar-refractivity contribution in [3.8, 4) is 0 Å². The molecule has 0 bridgehead atoms. The Hall–Kier alpha value is -1.26. The number of nitrogen functional groups attached to an aromatic ring is 1. The molecule has 1 aliphatic heterocycles. The smallest absolute Gasteiger partial charge is 0.251 e. The van der Waals surface area contributed by atoms with Crippen LogP contribution in [-0.4, -0.2) is 37.0 Å². The number of amides is 1. The number of carbonyl (C=O) groups is 1. The molecule has 0 aliphatic carbocycles. The highest BCUT2D eigenvalue weighted by Crippen LogP contribution is 2.18. The molecular weight excluding hydrogens is 274 g/mol. The Morgan fingerprint density at radius 2 is 2.10 bits per heavy atom. The molecule has 0 radical (unpaired) electrons. The summed E-state index contributed by atoms with van der Waals surface area (Å²) < 4.78 is 0. The van der Waals surface area contributed by atoms with Crippen LogP contribution in [0.25, 0.3) is 0 Å². The van der Waals surface area contributed by atoms with Gasteiger partial charge in [-0.2, -0.15) is 0 Å². The summed E-state index contributed by atoms with van der Waals surface area (Å²) in [5.41, 5.74) is 6.74. The second-order valence-corrected chi connectivity index (χ2v) is 5.80. The molecular formula is C15H22ClN3O. The molecule has 3 N–H and O–H groups in total. The van der Waals surface area contributed by atoms with E-state index in [1.165, 1.54) is 0 Å². The zero-order valence-corrected chi connectivity index (χ0v) is 12.6. The number of halogens is 1. The quantitative estimate of drug-likeness (QED) is 0.839. The predicted octanol–water partition coefficient (Wildman–Crippen LogP) is 2.38. The maximum absolute atomic E-state index is 12.1. The Kier molecular flexibility index (Phi) is 5.26. The summed E-state index contributed by atoms with van der Waals surface area (Å²) in [6.45, 7) is 6.28. The summed E-state index contributed by atoms with van der Waals surface area (Å²) in [7, 11) is 0. The predicted molar refractivity (Wildman–Crippen MR) is 83.0 cm³/mol. The fraction of sp³-hybridized carbons (Fsp3) is 0.533. The lowest BCUT2D eigenvalue weighted by Crippen LogP contribution is -2.38. The van der Waals surface area contributed by atoms with E-state index in [9.17, 15) is 4.79 Å². The van der Waals surface area contributed by atoms with Gasteiger partial charge < -0.3 is 16.0 Å². The molecule has 2 rings (SSSR count). The van der Waals surface area contributed by atoms with Crippen molar-refractivity contribution in [2.75, 3.05) is 31.9 Å². The molecule has 110 valence electrons. The highest BCUT2D eigenvalue weighted by atomic mass is 35.5. The van der Waals surface area contributed by atoms with Gasteiger partial charge >= 0.3 is 0 Å². The first kappa shape index (κ1) is 15.1. The molecule has 1 amide bonds. The van der Waals surface area contributed by atoms with Gasteiger partial charge in [0.05, 0.1) is 0 Å². The zero-order chi connectivity index (χ0) is 14.5. The lowest BCUT2D eigenvalue weighted by molar-refractivity contribution is 0.0937. The largest absolute Gasteiger partial charge is 0.399 e. The zero-order valence-electron chi connectivity index (χ0n) is 11.9. The summed E-state index contributed by atoms with van der Waals surface area (Å²) in [6.07, 6.45) is 2.29. The van der Waals surface area contributed by atoms with Crippen LogP contribution in [-0.2, 0) is 0 Å². The lowest BCUT2D eigenvalue weighted by atomic mass is 9.97. The van der Waals surface area contributed by atoms with Gasteiger partial charge in [0.25, 0.3) is 5.91 Å². The van der Waals surface area contributed by atoms with E-state index in [2.05, 4.69) is 17.1 Å². The van der Waals surface area contributed by atoms with Crippen LogP contribution in [0.2, 0.25) is 5.02 Å². The van der Waals surface area contributed by atoms with E-state index in [0.29, 0.717) is 22.2 Å². The Labute approximate surface area is 125 Å². The van der Waals surface area contributed by atoms with Gasteiger partial charge in [-0.3, -0.25) is 4.79 Å². The van der Waals surface area contributed by atoms with Crippen LogP contribution in [0.15, 0.2) is 18.2 Å². The van der Waals surface area contributed by atoms with Crippen molar-refractivity contribution in [1.29, 1.82) is 0 Å². The Morgan fingerprint density at radius 3 is 2.70 bits per heavy atom. The van der Waals surface area contributed by atoms with Crippen LogP contribution < -0.4 is 11.1 Å². The number of likely N-dealkylation sites (tertiary alicyclic amines) is 1. The number of hydrogen-bond acceptors (Lipinski definition) is 3. The van der Waals surface area contributed by atoms with E-state index in [0.717, 1.165) is 39.0 Å². The number of nitrogens with two attached hydrogens (primary N) is 1. The first-order chi connectivity index (χ1) is 9.58. The van der Waals surface area contributed by atoms with Gasteiger partial charge in [-0.25, -0.2) is 0 Å². The van der Waals surface area contributed by atoms with E-state index in [-0.39, 0.29) is 5.91 Å². The number of rotatable bonds is 4. The van der Waals surface area contributed by atoms with Crippen LogP contribution in [0.1, 0.15) is 30.1 Å². The van der Waals surface area contributed by atoms with E-state index in [1.807, 2.05) is 0 Å². The van der Waals surface area contributed by atoms with E-state index in [1.54, 1.807) is 18.2 Å². The number of nitrogens with one attached hydrogen (secondary N) is 1. The van der Waals surface area contributed by atoms with Gasteiger partial charge in [-0.05, 0) is 56.6 Å². The van der Waals surface area contributed by atoms with Crippen molar-refractivity contribution in [3.05, 3.63) is 28.8 Å². The molecule has 1 aromatic rings. The third-order valence-corrected chi connectivity index (χ3v) is 4.11. The van der Waals surface area contributed by atoms with Crippen LogP contribution in [0.4, 0.5) is 5.69 Å². The van der Waals surface area contributed by atoms with Gasteiger partial charge in [-0.1, -0.05) is 18.5 Å². The fourth-order valence-electron chi connectivity index (χ4n) is 2.59. The normalized spacial score (nSPS) is 17.1. The monoisotopic (exact) mass is 295 g/mol. The van der Waals surface area contributed by atoms with Crippen molar-refractivity contribution in [3.63, 3.8) is 0 Å². The van der Waals surface area contributed by atoms with Gasteiger partial charge in [0.1, 0.15) is 0 Å². The minimum Gasteiger partial charge on any atom is -0.399 e. The molecule has 0 aromatic heterocycles. The van der Waals surface area contributed by atoms with E-state index in [4.69, 9.17) is 17.3 Å². The number of piperidine rings is 1. The SMILES string of the molecule is CCN1CCC(CNC(=O)c2cc(N)cc(Cl)c2)CC1. The molecule has 1 fully saturated rings. The molecule has 4 nitrogen and oxygen atoms in total. The molecule has 1 aliphatic rings. The minimum absolute atomic E-state index is 0.0999. The number of nitrogens with zero attached hydrogens (tertiary/aromatic N) is 1. The number of hydrogen-bond donors (Lipinski definition) is 2. The first-order valence-corrected chi connectivity index (χ1v) is 7.53. The van der Waals surface area contributed by atoms with Crippen molar-refractivity contribution >= 4 is 23.2 Å². The molecule has 20 heavy (non-hydrogen) atoms. The van der Waals surface area contributed by atoms with Gasteiger partial charge in [-0.15, -0.1) is 0 Å². The number of benzene rings is 1. The summed E-state index contributed by atoms with van der Waals surface area (Å²) in [5, 5.41) is 3.48. The molecule has 1 aromatic carbocycles. The fourth-order valence-corrected chi connectivity index (χ4v) is 2.83. The summed E-state index contributed by atoms with van der Waals surface area (Å²) in [4.78, 5) is 14.5. The van der Waals surface area contributed by atoms with Crippen LogP contribution >= 0.6 is 11.6 Å². The second kappa shape index (κ2) is 6.95. The standard InChI is InChI=1S/C15H22ClN3O/c1-2-19-5-3-11(4-6-19)10-18-15(20)12-7-13(16)9-14(17)8-12/h7-9,11H,2-6,10,17H2,1H3,(H,18,20). The van der Waals surface area contributed by atoms with Crippen LogP contribution in [0.5, 0.6) is 0 Å². The third kappa shape index (κ3) is 4.12. The maximum Gasteiger partial charge on any atom is 0.251 e. The van der Waals surface area contributed by atoms with Gasteiger partial charge in [0.15, 0.2) is 0 Å². The van der Waals surface area contributed by atoms with Crippen LogP contribution in [0.3, 0.4) is 0 Å². The topological polar surface area (TPSA) is 58.4 Å². The summed E-state index contributed by atoms with van der Waals surface area (Å²) in [5.74, 6) is 0.468. The third-order valence-electron chi connectivity index (χ3n) is 3.89. The Bertz CT molecular complexity index is 450. The first-order valence-electron chi connectivity index (χ1n) is 7.15. The van der Waals surface area contributed by atoms with Crippen molar-refractivity contribution < 1.29 is 4.79 Å². The highest BCUT2D eigenvalue weighted by molar-refractivity contribution is 6.31. The van der Waals surface area contributed by atoms with Crippen molar-refractivity contribution in [2.45, 2.75) is 19.8 Å². The Morgan fingerprint density at radius 1 is 1.40 bits per heavy atom. The minimum atomic E-state index is -0.0999. The maximum atomic E-state index is 12.1. The summed E-state index contributed by atoms with van der Waals surface area (Å²) >= 11 is 5.91. The molecule has 0 saturated carbocycles. The molecule has 1 heterocycles. The molecule has 0 spiro atoms. The molecule has 5 heteroatoms. The van der Waals surface area contributed by atoms with Crippen molar-refractivity contribution in [1.82, 2.24) is 10.2 Å². The van der Waals surface area contributed by atoms with E-state index >= 15 is 0 Å². The molecule has 1 saturated heterocycles.